The molecule has 5 nitrogen and oxygen atoms in total. The third-order valence-electron chi connectivity index (χ3n) is 2.82. The van der Waals surface area contributed by atoms with Crippen LogP contribution in [-0.4, -0.2) is 33.8 Å². The van der Waals surface area contributed by atoms with E-state index in [1.165, 1.54) is 0 Å². The number of nitrogens with zero attached hydrogens (tertiary/aromatic N) is 1. The number of aromatic nitrogens is 1. The predicted octanol–water partition coefficient (Wildman–Crippen LogP) is 1.16. The maximum Gasteiger partial charge on any atom is 0.306 e. The van der Waals surface area contributed by atoms with Crippen molar-refractivity contribution in [2.24, 2.45) is 0 Å². The van der Waals surface area contributed by atoms with Gasteiger partial charge in [0.15, 0.2) is 0 Å². The van der Waals surface area contributed by atoms with Gasteiger partial charge in [-0.1, -0.05) is 24.3 Å². The van der Waals surface area contributed by atoms with Gasteiger partial charge in [-0.05, 0) is 11.6 Å². The van der Waals surface area contributed by atoms with Crippen molar-refractivity contribution in [2.75, 3.05) is 6.54 Å². The summed E-state index contributed by atoms with van der Waals surface area (Å²) in [6.07, 6.45) is 0.617. The summed E-state index contributed by atoms with van der Waals surface area (Å²) in [5.41, 5.74) is 1.95. The fourth-order valence-electron chi connectivity index (χ4n) is 1.96. The zero-order chi connectivity index (χ0) is 13.7. The van der Waals surface area contributed by atoms with E-state index in [-0.39, 0.29) is 13.0 Å². The van der Waals surface area contributed by atoms with Crippen LogP contribution in [0.1, 0.15) is 12.0 Å². The van der Waals surface area contributed by atoms with Crippen molar-refractivity contribution in [3.05, 3.63) is 42.1 Å². The van der Waals surface area contributed by atoms with Gasteiger partial charge in [-0.25, -0.2) is 0 Å². The van der Waals surface area contributed by atoms with Crippen LogP contribution in [0.5, 0.6) is 0 Å². The summed E-state index contributed by atoms with van der Waals surface area (Å²) in [4.78, 5) is 14.8. The van der Waals surface area contributed by atoms with Gasteiger partial charge in [0.05, 0.1) is 18.0 Å². The SMILES string of the molecule is O=C(O)CC(O)CNCc1cccc2cccnc12. The van der Waals surface area contributed by atoms with Gasteiger partial charge in [0.25, 0.3) is 0 Å². The lowest BCUT2D eigenvalue weighted by Crippen LogP contribution is -2.28. The Morgan fingerprint density at radius 2 is 2.11 bits per heavy atom. The Bertz CT molecular complexity index is 566. The molecular weight excluding hydrogens is 244 g/mol. The minimum absolute atomic E-state index is 0.246. The molecule has 0 radical (unpaired) electrons. The number of aliphatic carboxylic acids is 1. The molecule has 0 aliphatic rings. The van der Waals surface area contributed by atoms with Crippen molar-refractivity contribution in [1.82, 2.24) is 10.3 Å². The lowest BCUT2D eigenvalue weighted by atomic mass is 10.1. The first kappa shape index (κ1) is 13.5. The van der Waals surface area contributed by atoms with Crippen molar-refractivity contribution in [2.45, 2.75) is 19.1 Å². The van der Waals surface area contributed by atoms with E-state index in [0.717, 1.165) is 16.5 Å². The van der Waals surface area contributed by atoms with Crippen molar-refractivity contribution in [3.8, 4) is 0 Å². The van der Waals surface area contributed by atoms with Crippen LogP contribution >= 0.6 is 0 Å². The highest BCUT2D eigenvalue weighted by Crippen LogP contribution is 2.15. The standard InChI is InChI=1S/C14H16N2O3/c17-12(7-13(18)19)9-15-8-11-4-1-3-10-5-2-6-16-14(10)11/h1-6,12,15,17H,7-9H2,(H,18,19). The maximum absolute atomic E-state index is 10.4. The Hall–Kier alpha value is -1.98. The van der Waals surface area contributed by atoms with Gasteiger partial charge < -0.3 is 15.5 Å². The van der Waals surface area contributed by atoms with Gasteiger partial charge in [-0.3, -0.25) is 9.78 Å². The Labute approximate surface area is 110 Å². The van der Waals surface area contributed by atoms with Gasteiger partial charge in [0.1, 0.15) is 0 Å². The summed E-state index contributed by atoms with van der Waals surface area (Å²) in [7, 11) is 0. The van der Waals surface area contributed by atoms with Gasteiger partial charge in [0, 0.05) is 24.7 Å². The molecule has 0 fully saturated rings. The van der Waals surface area contributed by atoms with E-state index >= 15 is 0 Å². The Morgan fingerprint density at radius 1 is 1.32 bits per heavy atom. The molecule has 0 amide bonds. The summed E-state index contributed by atoms with van der Waals surface area (Å²) < 4.78 is 0. The quantitative estimate of drug-likeness (QED) is 0.726. The van der Waals surface area contributed by atoms with Crippen LogP contribution in [0.25, 0.3) is 10.9 Å². The van der Waals surface area contributed by atoms with E-state index in [1.807, 2.05) is 30.3 Å². The number of fused-ring (bicyclic) bond motifs is 1. The second-order valence-corrected chi connectivity index (χ2v) is 4.37. The van der Waals surface area contributed by atoms with Gasteiger partial charge in [0.2, 0.25) is 0 Å². The number of hydrogen-bond acceptors (Lipinski definition) is 4. The predicted molar refractivity (Wildman–Crippen MR) is 71.7 cm³/mol. The van der Waals surface area contributed by atoms with Crippen LogP contribution in [0, 0.1) is 0 Å². The van der Waals surface area contributed by atoms with E-state index < -0.39 is 12.1 Å². The molecule has 5 heteroatoms. The summed E-state index contributed by atoms with van der Waals surface area (Å²) in [6, 6.07) is 9.78. The minimum atomic E-state index is -0.999. The van der Waals surface area contributed by atoms with Crippen molar-refractivity contribution >= 4 is 16.9 Å². The molecule has 1 unspecified atom stereocenters. The lowest BCUT2D eigenvalue weighted by Gasteiger charge is -2.10. The molecule has 0 aliphatic heterocycles. The first-order valence-corrected chi connectivity index (χ1v) is 6.10. The van der Waals surface area contributed by atoms with Crippen LogP contribution in [0.3, 0.4) is 0 Å². The van der Waals surface area contributed by atoms with Crippen LogP contribution in [0.4, 0.5) is 0 Å². The molecule has 0 saturated carbocycles. The number of rotatable bonds is 6. The van der Waals surface area contributed by atoms with E-state index in [4.69, 9.17) is 5.11 Å². The van der Waals surface area contributed by atoms with E-state index in [1.54, 1.807) is 6.20 Å². The van der Waals surface area contributed by atoms with Gasteiger partial charge >= 0.3 is 5.97 Å². The fourth-order valence-corrected chi connectivity index (χ4v) is 1.96. The second-order valence-electron chi connectivity index (χ2n) is 4.37. The van der Waals surface area contributed by atoms with Gasteiger partial charge in [-0.15, -0.1) is 0 Å². The van der Waals surface area contributed by atoms with E-state index in [0.29, 0.717) is 6.54 Å². The van der Waals surface area contributed by atoms with Crippen LogP contribution < -0.4 is 5.32 Å². The number of aliphatic hydroxyl groups excluding tert-OH is 1. The second kappa shape index (κ2) is 6.26. The van der Waals surface area contributed by atoms with Gasteiger partial charge in [-0.2, -0.15) is 0 Å². The van der Waals surface area contributed by atoms with Crippen LogP contribution in [0.15, 0.2) is 36.5 Å². The Balaban J connectivity index is 1.97. The zero-order valence-corrected chi connectivity index (χ0v) is 10.4. The minimum Gasteiger partial charge on any atom is -0.481 e. The van der Waals surface area contributed by atoms with Crippen LogP contribution in [-0.2, 0) is 11.3 Å². The topological polar surface area (TPSA) is 82.5 Å². The molecule has 100 valence electrons. The number of carbonyl (C=O) groups is 1. The number of carboxylic acid groups (broad SMARTS) is 1. The fraction of sp³-hybridized carbons (Fsp3) is 0.286. The average molecular weight is 260 g/mol. The molecule has 0 aliphatic carbocycles. The highest BCUT2D eigenvalue weighted by molar-refractivity contribution is 5.81. The largest absolute Gasteiger partial charge is 0.481 e. The summed E-state index contributed by atoms with van der Waals surface area (Å²) in [5.74, 6) is -0.999. The summed E-state index contributed by atoms with van der Waals surface area (Å²) in [6.45, 7) is 0.792. The summed E-state index contributed by atoms with van der Waals surface area (Å²) in [5, 5.41) is 22.1. The number of aliphatic hydroxyl groups is 1. The number of pyridine rings is 1. The molecule has 0 spiro atoms. The van der Waals surface area contributed by atoms with Crippen molar-refractivity contribution in [3.63, 3.8) is 0 Å². The molecule has 1 aromatic carbocycles. The third-order valence-corrected chi connectivity index (χ3v) is 2.82. The number of hydrogen-bond donors (Lipinski definition) is 3. The Morgan fingerprint density at radius 3 is 2.89 bits per heavy atom. The van der Waals surface area contributed by atoms with Crippen molar-refractivity contribution in [1.29, 1.82) is 0 Å². The molecular formula is C14H16N2O3. The molecule has 2 aromatic rings. The molecule has 0 saturated heterocycles. The lowest BCUT2D eigenvalue weighted by molar-refractivity contribution is -0.139. The Kier molecular flexibility index (Phi) is 4.43. The number of para-hydroxylation sites is 1. The van der Waals surface area contributed by atoms with Crippen LogP contribution in [0.2, 0.25) is 0 Å². The molecule has 1 atom stereocenters. The molecule has 19 heavy (non-hydrogen) atoms. The molecule has 1 heterocycles. The number of benzene rings is 1. The third kappa shape index (κ3) is 3.74. The monoisotopic (exact) mass is 260 g/mol. The number of carboxylic acids is 1. The molecule has 1 aromatic heterocycles. The normalized spacial score (nSPS) is 12.5. The molecule has 0 bridgehead atoms. The smallest absolute Gasteiger partial charge is 0.306 e. The first-order chi connectivity index (χ1) is 9.16. The highest BCUT2D eigenvalue weighted by Gasteiger charge is 2.09. The zero-order valence-electron chi connectivity index (χ0n) is 10.4. The van der Waals surface area contributed by atoms with E-state index in [2.05, 4.69) is 10.3 Å². The molecule has 2 rings (SSSR count). The van der Waals surface area contributed by atoms with E-state index in [9.17, 15) is 9.90 Å². The van der Waals surface area contributed by atoms with Crippen molar-refractivity contribution < 1.29 is 15.0 Å². The first-order valence-electron chi connectivity index (χ1n) is 6.10. The molecule has 3 N–H and O–H groups in total. The maximum atomic E-state index is 10.4. The number of nitrogens with one attached hydrogen (secondary N) is 1. The highest BCUT2D eigenvalue weighted by atomic mass is 16.4. The average Bonchev–Trinajstić information content (AvgIpc) is 2.38. The summed E-state index contributed by atoms with van der Waals surface area (Å²) >= 11 is 0.